The van der Waals surface area contributed by atoms with E-state index in [1.807, 2.05) is 0 Å². The summed E-state index contributed by atoms with van der Waals surface area (Å²) in [5.41, 5.74) is 0. The van der Waals surface area contributed by atoms with Gasteiger partial charge in [-0.05, 0) is 13.3 Å². The van der Waals surface area contributed by atoms with E-state index in [-0.39, 0.29) is 56.6 Å². The van der Waals surface area contributed by atoms with Crippen molar-refractivity contribution in [1.29, 1.82) is 0 Å². The summed E-state index contributed by atoms with van der Waals surface area (Å²) in [5, 5.41) is 1.47. The number of rotatable bonds is 4. The molecule has 0 aromatic rings. The Balaban J connectivity index is 0. The molecule has 0 aromatic carbocycles. The molecule has 0 bridgehead atoms. The van der Waals surface area contributed by atoms with Gasteiger partial charge < -0.3 is 9.87 Å². The minimum absolute atomic E-state index is 0. The summed E-state index contributed by atoms with van der Waals surface area (Å²) in [7, 11) is -4.20. The third kappa shape index (κ3) is 8.96. The molecule has 0 radical (unpaired) electrons. The first kappa shape index (κ1) is 16.1. The van der Waals surface area contributed by atoms with Crippen molar-refractivity contribution in [1.82, 2.24) is 5.32 Å². The Hall–Kier alpha value is 0.640. The van der Waals surface area contributed by atoms with Crippen molar-refractivity contribution in [3.8, 4) is 0 Å². The Morgan fingerprint density at radius 3 is 2.31 bits per heavy atom. The van der Waals surface area contributed by atoms with Gasteiger partial charge in [0.05, 0.1) is 10.1 Å². The smallest absolute Gasteiger partial charge is 0.748 e. The van der Waals surface area contributed by atoms with Crippen molar-refractivity contribution < 1.29 is 17.8 Å². The Bertz CT molecular complexity index is 251. The van der Waals surface area contributed by atoms with Crippen LogP contribution in [0.4, 0.5) is 0 Å². The van der Waals surface area contributed by atoms with Gasteiger partial charge in [-0.2, -0.15) is 0 Å². The van der Waals surface area contributed by atoms with Crippen LogP contribution in [0.2, 0.25) is 0 Å². The Labute approximate surface area is 108 Å². The number of nitrogens with one attached hydrogen (secondary N) is 1. The van der Waals surface area contributed by atoms with Crippen LogP contribution in [0.3, 0.4) is 0 Å². The second-order valence-corrected chi connectivity index (χ2v) is 4.37. The summed E-state index contributed by atoms with van der Waals surface area (Å²) in [5.74, 6) is -0.231. The molecule has 1 N–H and O–H groups in total. The molecule has 1 unspecified atom stereocenters. The van der Waals surface area contributed by atoms with Crippen LogP contribution in [0, 0.1) is 0 Å². The predicted octanol–water partition coefficient (Wildman–Crippen LogP) is -0.934. The van der Waals surface area contributed by atoms with E-state index in [4.69, 9.17) is 0 Å². The van der Waals surface area contributed by atoms with Gasteiger partial charge in [-0.1, -0.05) is 0 Å². The zero-order valence-electron chi connectivity index (χ0n) is 7.74. The molecule has 5 nitrogen and oxygen atoms in total. The van der Waals surface area contributed by atoms with Crippen molar-refractivity contribution in [2.24, 2.45) is 0 Å². The Morgan fingerprint density at radius 2 is 2.00 bits per heavy atom. The summed E-state index contributed by atoms with van der Waals surface area (Å²) >= 11 is 0. The fraction of sp³-hybridized carbons (Fsp3) is 0.833. The molecular weight excluding hydrogens is 222 g/mol. The van der Waals surface area contributed by atoms with E-state index in [1.165, 1.54) is 13.8 Å². The second kappa shape index (κ2) is 7.00. The summed E-state index contributed by atoms with van der Waals surface area (Å²) < 4.78 is 31.0. The van der Waals surface area contributed by atoms with Gasteiger partial charge in [0.15, 0.2) is 0 Å². The number of amides is 1. The molecule has 0 aliphatic carbocycles. The van der Waals surface area contributed by atoms with E-state index in [0.29, 0.717) is 0 Å². The van der Waals surface area contributed by atoms with Crippen LogP contribution in [0.5, 0.6) is 0 Å². The topological polar surface area (TPSA) is 86.3 Å². The Kier molecular flexibility index (Phi) is 8.66. The standard InChI is InChI=1S/C6H13NO4S.Ca/c1-5(12(9,10)11)3-4-7-6(2)8;/h5H,3-4H2,1-2H3,(H,7,8)(H,9,10,11);/q;+2/p-1. The van der Waals surface area contributed by atoms with Gasteiger partial charge in [-0.25, -0.2) is 8.42 Å². The number of hydrogen-bond donors (Lipinski definition) is 1. The maximum atomic E-state index is 10.3. The molecule has 72 valence electrons. The maximum Gasteiger partial charge on any atom is 2.00 e. The summed E-state index contributed by atoms with van der Waals surface area (Å²) in [6.45, 7) is 2.87. The van der Waals surface area contributed by atoms with Crippen molar-refractivity contribution >= 4 is 53.8 Å². The van der Waals surface area contributed by atoms with E-state index in [9.17, 15) is 17.8 Å². The first-order valence-corrected chi connectivity index (χ1v) is 5.00. The zero-order valence-corrected chi connectivity index (χ0v) is 10.8. The van der Waals surface area contributed by atoms with E-state index in [2.05, 4.69) is 5.32 Å². The van der Waals surface area contributed by atoms with Crippen LogP contribution < -0.4 is 5.32 Å². The first-order chi connectivity index (χ1) is 5.34. The van der Waals surface area contributed by atoms with Crippen molar-refractivity contribution in [3.05, 3.63) is 0 Å². The number of carbonyl (C=O) groups is 1. The minimum atomic E-state index is -4.20. The van der Waals surface area contributed by atoms with Gasteiger partial charge >= 0.3 is 37.7 Å². The van der Waals surface area contributed by atoms with Crippen molar-refractivity contribution in [2.75, 3.05) is 6.54 Å². The van der Waals surface area contributed by atoms with Crippen LogP contribution in [0.1, 0.15) is 20.3 Å². The van der Waals surface area contributed by atoms with Gasteiger partial charge in [0, 0.05) is 18.7 Å². The average Bonchev–Trinajstić information content (AvgIpc) is 1.84. The van der Waals surface area contributed by atoms with E-state index in [0.717, 1.165) is 0 Å². The maximum absolute atomic E-state index is 10.3. The largest absolute Gasteiger partial charge is 2.00 e. The van der Waals surface area contributed by atoms with Gasteiger partial charge in [-0.15, -0.1) is 0 Å². The first-order valence-electron chi connectivity index (χ1n) is 3.53. The number of hydrogen-bond acceptors (Lipinski definition) is 4. The van der Waals surface area contributed by atoms with Crippen LogP contribution in [-0.2, 0) is 14.9 Å². The van der Waals surface area contributed by atoms with Crippen molar-refractivity contribution in [2.45, 2.75) is 25.5 Å². The fourth-order valence-corrected chi connectivity index (χ4v) is 1.00. The molecule has 0 rings (SSSR count). The minimum Gasteiger partial charge on any atom is -0.748 e. The molecule has 0 aliphatic heterocycles. The molecule has 0 spiro atoms. The summed E-state index contributed by atoms with van der Waals surface area (Å²) in [4.78, 5) is 10.3. The van der Waals surface area contributed by atoms with Crippen molar-refractivity contribution in [3.63, 3.8) is 0 Å². The molecule has 0 aliphatic rings. The molecule has 1 atom stereocenters. The van der Waals surface area contributed by atoms with E-state index in [1.54, 1.807) is 0 Å². The van der Waals surface area contributed by atoms with Crippen LogP contribution in [0.25, 0.3) is 0 Å². The molecule has 0 fully saturated rings. The van der Waals surface area contributed by atoms with E-state index < -0.39 is 15.4 Å². The quantitative estimate of drug-likeness (QED) is 0.503. The van der Waals surface area contributed by atoms with Gasteiger partial charge in [0.1, 0.15) is 0 Å². The molecular formula is C6H12CaNO4S+. The molecule has 0 heterocycles. The van der Waals surface area contributed by atoms with Gasteiger partial charge in [-0.3, -0.25) is 4.79 Å². The normalized spacial score (nSPS) is 12.8. The molecule has 7 heteroatoms. The van der Waals surface area contributed by atoms with Gasteiger partial charge in [0.25, 0.3) is 0 Å². The number of carbonyl (C=O) groups excluding carboxylic acids is 1. The summed E-state index contributed by atoms with van der Waals surface area (Å²) in [6.07, 6.45) is 0.158. The fourth-order valence-electron chi connectivity index (χ4n) is 0.596. The zero-order chi connectivity index (χ0) is 9.78. The molecule has 13 heavy (non-hydrogen) atoms. The van der Waals surface area contributed by atoms with Crippen LogP contribution >= 0.6 is 0 Å². The second-order valence-electron chi connectivity index (χ2n) is 2.58. The van der Waals surface area contributed by atoms with Crippen LogP contribution in [-0.4, -0.2) is 68.4 Å². The third-order valence-electron chi connectivity index (χ3n) is 1.42. The molecule has 0 aromatic heterocycles. The van der Waals surface area contributed by atoms with Crippen LogP contribution in [0.15, 0.2) is 0 Å². The molecule has 0 saturated heterocycles. The third-order valence-corrected chi connectivity index (χ3v) is 2.64. The molecule has 0 saturated carbocycles. The summed E-state index contributed by atoms with van der Waals surface area (Å²) in [6, 6.07) is 0. The Morgan fingerprint density at radius 1 is 1.54 bits per heavy atom. The molecule has 1 amide bonds. The average molecular weight is 234 g/mol. The SMILES string of the molecule is CC(=O)NCCC(C)S(=O)(=O)[O-].[Ca+2]. The predicted molar refractivity (Wildman–Crippen MR) is 48.2 cm³/mol. The van der Waals surface area contributed by atoms with Gasteiger partial charge in [0.2, 0.25) is 5.91 Å². The van der Waals surface area contributed by atoms with E-state index >= 15 is 0 Å². The monoisotopic (exact) mass is 234 g/mol.